The molecule has 92 valence electrons. The van der Waals surface area contributed by atoms with Gasteiger partial charge < -0.3 is 10.4 Å². The number of halogens is 2. The molecule has 17 heavy (non-hydrogen) atoms. The van der Waals surface area contributed by atoms with Crippen LogP contribution in [0.4, 0.5) is 5.82 Å². The first-order valence-electron chi connectivity index (χ1n) is 5.25. The highest BCUT2D eigenvalue weighted by Crippen LogP contribution is 2.30. The summed E-state index contributed by atoms with van der Waals surface area (Å²) < 4.78 is 0.679. The van der Waals surface area contributed by atoms with Crippen molar-refractivity contribution >= 4 is 39.3 Å². The Labute approximate surface area is 112 Å². The Morgan fingerprint density at radius 3 is 3.06 bits per heavy atom. The Kier molecular flexibility index (Phi) is 3.83. The van der Waals surface area contributed by atoms with Crippen molar-refractivity contribution in [3.63, 3.8) is 0 Å². The van der Waals surface area contributed by atoms with E-state index in [0.717, 1.165) is 12.8 Å². The summed E-state index contributed by atoms with van der Waals surface area (Å²) >= 11 is 9.00. The van der Waals surface area contributed by atoms with Gasteiger partial charge in [-0.1, -0.05) is 6.42 Å². The molecule has 1 aromatic heterocycles. The number of nitrogens with one attached hydrogen (secondary N) is 1. The molecule has 5 nitrogen and oxygen atoms in total. The second-order valence-corrected chi connectivity index (χ2v) is 5.15. The molecule has 1 saturated carbocycles. The molecule has 0 radical (unpaired) electrons. The summed E-state index contributed by atoms with van der Waals surface area (Å²) in [4.78, 5) is 18.9. The van der Waals surface area contributed by atoms with E-state index in [1.807, 2.05) is 0 Å². The Balaban J connectivity index is 2.15. The Morgan fingerprint density at radius 2 is 2.35 bits per heavy atom. The lowest BCUT2D eigenvalue weighted by molar-refractivity contribution is -0.141. The number of carbonyl (C=O) groups is 1. The van der Waals surface area contributed by atoms with Gasteiger partial charge in [-0.3, -0.25) is 4.79 Å². The SMILES string of the molecule is O=C(O)C1CCCC1Nc1nc(Cl)ncc1Br. The molecule has 2 N–H and O–H groups in total. The third-order valence-corrected chi connectivity index (χ3v) is 3.63. The molecular formula is C10H11BrClN3O2. The zero-order valence-corrected chi connectivity index (χ0v) is 11.2. The van der Waals surface area contributed by atoms with Gasteiger partial charge in [-0.15, -0.1) is 0 Å². The molecule has 1 fully saturated rings. The maximum absolute atomic E-state index is 11.0. The third-order valence-electron chi connectivity index (χ3n) is 2.87. The highest BCUT2D eigenvalue weighted by atomic mass is 79.9. The van der Waals surface area contributed by atoms with Crippen LogP contribution in [-0.4, -0.2) is 27.1 Å². The normalized spacial score (nSPS) is 23.6. The van der Waals surface area contributed by atoms with Crippen molar-refractivity contribution in [2.45, 2.75) is 25.3 Å². The number of hydrogen-bond donors (Lipinski definition) is 2. The van der Waals surface area contributed by atoms with E-state index in [2.05, 4.69) is 31.2 Å². The first-order valence-corrected chi connectivity index (χ1v) is 6.42. The molecule has 2 rings (SSSR count). The quantitative estimate of drug-likeness (QED) is 0.837. The molecule has 0 bridgehead atoms. The summed E-state index contributed by atoms with van der Waals surface area (Å²) in [6, 6.07) is -0.102. The van der Waals surface area contributed by atoms with Gasteiger partial charge in [0.05, 0.1) is 10.4 Å². The van der Waals surface area contributed by atoms with Gasteiger partial charge in [-0.25, -0.2) is 4.98 Å². The predicted molar refractivity (Wildman–Crippen MR) is 67.1 cm³/mol. The fourth-order valence-corrected chi connectivity index (χ4v) is 2.49. The second kappa shape index (κ2) is 5.18. The molecule has 2 unspecified atom stereocenters. The highest BCUT2D eigenvalue weighted by Gasteiger charge is 2.33. The average Bonchev–Trinajstić information content (AvgIpc) is 2.71. The summed E-state index contributed by atoms with van der Waals surface area (Å²) in [7, 11) is 0. The van der Waals surface area contributed by atoms with E-state index in [0.29, 0.717) is 16.7 Å². The lowest BCUT2D eigenvalue weighted by Crippen LogP contribution is -2.30. The largest absolute Gasteiger partial charge is 0.481 e. The standard InChI is InChI=1S/C10H11BrClN3O2/c11-6-4-13-10(12)15-8(6)14-7-3-1-2-5(7)9(16)17/h4-5,7H,1-3H2,(H,16,17)(H,13,14,15). The van der Waals surface area contributed by atoms with Crippen molar-refractivity contribution in [2.75, 3.05) is 5.32 Å². The van der Waals surface area contributed by atoms with Crippen LogP contribution in [0.3, 0.4) is 0 Å². The monoisotopic (exact) mass is 319 g/mol. The summed E-state index contributed by atoms with van der Waals surface area (Å²) in [6.07, 6.45) is 3.97. The van der Waals surface area contributed by atoms with Crippen LogP contribution >= 0.6 is 27.5 Å². The van der Waals surface area contributed by atoms with Gasteiger partial charge >= 0.3 is 5.97 Å². The van der Waals surface area contributed by atoms with Gasteiger partial charge in [0, 0.05) is 12.2 Å². The van der Waals surface area contributed by atoms with Gasteiger partial charge in [-0.2, -0.15) is 4.98 Å². The summed E-state index contributed by atoms with van der Waals surface area (Å²) in [5, 5.41) is 12.3. The molecule has 0 aromatic carbocycles. The van der Waals surface area contributed by atoms with E-state index in [9.17, 15) is 4.79 Å². The molecule has 0 saturated heterocycles. The molecule has 1 aliphatic rings. The molecular weight excluding hydrogens is 309 g/mol. The number of rotatable bonds is 3. The molecule has 7 heteroatoms. The third kappa shape index (κ3) is 2.87. The van der Waals surface area contributed by atoms with Crippen LogP contribution in [0.2, 0.25) is 5.28 Å². The van der Waals surface area contributed by atoms with Gasteiger partial charge in [0.1, 0.15) is 5.82 Å². The van der Waals surface area contributed by atoms with Gasteiger partial charge in [0.15, 0.2) is 0 Å². The first kappa shape index (κ1) is 12.6. The number of carboxylic acids is 1. The molecule has 2 atom stereocenters. The fourth-order valence-electron chi connectivity index (χ4n) is 2.05. The van der Waals surface area contributed by atoms with E-state index in [1.54, 1.807) is 6.20 Å². The minimum atomic E-state index is -0.767. The number of hydrogen-bond acceptors (Lipinski definition) is 4. The molecule has 0 amide bonds. The fraction of sp³-hybridized carbons (Fsp3) is 0.500. The van der Waals surface area contributed by atoms with Crippen LogP contribution in [0.1, 0.15) is 19.3 Å². The van der Waals surface area contributed by atoms with Crippen molar-refractivity contribution in [1.29, 1.82) is 0 Å². The minimum Gasteiger partial charge on any atom is -0.481 e. The van der Waals surface area contributed by atoms with E-state index >= 15 is 0 Å². The van der Waals surface area contributed by atoms with Crippen LogP contribution in [-0.2, 0) is 4.79 Å². The number of aliphatic carboxylic acids is 1. The Hall–Kier alpha value is -0.880. The van der Waals surface area contributed by atoms with Crippen molar-refractivity contribution in [1.82, 2.24) is 9.97 Å². The number of nitrogens with zero attached hydrogens (tertiary/aromatic N) is 2. The lowest BCUT2D eigenvalue weighted by atomic mass is 10.0. The van der Waals surface area contributed by atoms with Gasteiger partial charge in [-0.05, 0) is 40.4 Å². The molecule has 1 aliphatic carbocycles. The summed E-state index contributed by atoms with van der Waals surface area (Å²) in [5.41, 5.74) is 0. The average molecular weight is 321 g/mol. The van der Waals surface area contributed by atoms with Gasteiger partial charge in [0.25, 0.3) is 0 Å². The summed E-state index contributed by atoms with van der Waals surface area (Å²) in [6.45, 7) is 0. The van der Waals surface area contributed by atoms with Crippen LogP contribution < -0.4 is 5.32 Å². The zero-order chi connectivity index (χ0) is 12.4. The minimum absolute atomic E-state index is 0.102. The van der Waals surface area contributed by atoms with Gasteiger partial charge in [0.2, 0.25) is 5.28 Å². The predicted octanol–water partition coefficient (Wildman–Crippen LogP) is 2.56. The lowest BCUT2D eigenvalue weighted by Gasteiger charge is -2.18. The van der Waals surface area contributed by atoms with Crippen molar-refractivity contribution in [3.8, 4) is 0 Å². The van der Waals surface area contributed by atoms with Crippen LogP contribution in [0.5, 0.6) is 0 Å². The van der Waals surface area contributed by atoms with Crippen LogP contribution in [0.25, 0.3) is 0 Å². The van der Waals surface area contributed by atoms with Crippen molar-refractivity contribution in [3.05, 3.63) is 16.0 Å². The van der Waals surface area contributed by atoms with Crippen LogP contribution in [0, 0.1) is 5.92 Å². The molecule has 1 heterocycles. The molecule has 0 spiro atoms. The summed E-state index contributed by atoms with van der Waals surface area (Å²) in [5.74, 6) is -0.588. The highest BCUT2D eigenvalue weighted by molar-refractivity contribution is 9.10. The van der Waals surface area contributed by atoms with E-state index < -0.39 is 5.97 Å². The number of anilines is 1. The smallest absolute Gasteiger partial charge is 0.308 e. The molecule has 1 aromatic rings. The number of aromatic nitrogens is 2. The van der Waals surface area contributed by atoms with E-state index in [1.165, 1.54) is 0 Å². The Morgan fingerprint density at radius 1 is 1.59 bits per heavy atom. The Bertz CT molecular complexity index is 444. The zero-order valence-electron chi connectivity index (χ0n) is 8.86. The number of carboxylic acid groups (broad SMARTS) is 1. The van der Waals surface area contributed by atoms with Crippen molar-refractivity contribution in [2.24, 2.45) is 5.92 Å². The first-order chi connectivity index (χ1) is 8.08. The van der Waals surface area contributed by atoms with Crippen molar-refractivity contribution < 1.29 is 9.90 Å². The van der Waals surface area contributed by atoms with Crippen LogP contribution in [0.15, 0.2) is 10.7 Å². The van der Waals surface area contributed by atoms with E-state index in [-0.39, 0.29) is 17.2 Å². The maximum Gasteiger partial charge on any atom is 0.308 e. The maximum atomic E-state index is 11.0. The molecule has 0 aliphatic heterocycles. The topological polar surface area (TPSA) is 75.1 Å². The second-order valence-electron chi connectivity index (χ2n) is 3.96. The van der Waals surface area contributed by atoms with E-state index in [4.69, 9.17) is 16.7 Å².